The topological polar surface area (TPSA) is 67.8 Å². The smallest absolute Gasteiger partial charge is 0.292 e. The first-order chi connectivity index (χ1) is 7.75. The van der Waals surface area contributed by atoms with Crippen LogP contribution in [-0.2, 0) is 0 Å². The van der Waals surface area contributed by atoms with Crippen molar-refractivity contribution >= 4 is 16.9 Å². The second-order valence-corrected chi connectivity index (χ2v) is 3.43. The number of aromatic amines is 1. The molecule has 0 saturated heterocycles. The van der Waals surface area contributed by atoms with E-state index in [-0.39, 0.29) is 11.8 Å². The van der Waals surface area contributed by atoms with Crippen LogP contribution in [-0.4, -0.2) is 9.97 Å². The summed E-state index contributed by atoms with van der Waals surface area (Å²) >= 11 is 0. The van der Waals surface area contributed by atoms with Crippen molar-refractivity contribution in [2.24, 2.45) is 0 Å². The normalized spacial score (nSPS) is 11.1. The molecule has 2 aromatic heterocycles. The lowest BCUT2D eigenvalue weighted by Crippen LogP contribution is -1.80. The van der Waals surface area contributed by atoms with Crippen molar-refractivity contribution in [2.45, 2.75) is 0 Å². The molecule has 16 heavy (non-hydrogen) atoms. The van der Waals surface area contributed by atoms with E-state index in [1.807, 2.05) is 0 Å². The fourth-order valence-electron chi connectivity index (χ4n) is 1.75. The molecule has 4 nitrogen and oxygen atoms in total. The van der Waals surface area contributed by atoms with Crippen molar-refractivity contribution in [2.75, 3.05) is 5.73 Å². The molecule has 0 amide bonds. The van der Waals surface area contributed by atoms with Crippen LogP contribution in [0.5, 0.6) is 0 Å². The molecule has 0 saturated carbocycles. The SMILES string of the molecule is Nc1ncc(-c2c[nH]c3cccc(F)c23)o1. The number of nitrogens with one attached hydrogen (secondary N) is 1. The summed E-state index contributed by atoms with van der Waals surface area (Å²) in [4.78, 5) is 6.75. The van der Waals surface area contributed by atoms with Crippen LogP contribution in [0.3, 0.4) is 0 Å². The number of hydrogen-bond acceptors (Lipinski definition) is 3. The molecule has 2 heterocycles. The summed E-state index contributed by atoms with van der Waals surface area (Å²) in [5.41, 5.74) is 6.72. The molecule has 0 bridgehead atoms. The molecule has 3 N–H and O–H groups in total. The Morgan fingerprint density at radius 1 is 1.38 bits per heavy atom. The van der Waals surface area contributed by atoms with Crippen molar-refractivity contribution in [1.82, 2.24) is 9.97 Å². The van der Waals surface area contributed by atoms with Gasteiger partial charge in [0.2, 0.25) is 0 Å². The molecule has 80 valence electrons. The Kier molecular flexibility index (Phi) is 1.73. The highest BCUT2D eigenvalue weighted by molar-refractivity contribution is 5.94. The van der Waals surface area contributed by atoms with E-state index in [1.54, 1.807) is 18.3 Å². The second kappa shape index (κ2) is 3.10. The van der Waals surface area contributed by atoms with Crippen molar-refractivity contribution in [3.63, 3.8) is 0 Å². The van der Waals surface area contributed by atoms with Gasteiger partial charge in [-0.2, -0.15) is 0 Å². The molecule has 0 aliphatic carbocycles. The lowest BCUT2D eigenvalue weighted by molar-refractivity contribution is 0.594. The number of fused-ring (bicyclic) bond motifs is 1. The largest absolute Gasteiger partial charge is 0.424 e. The highest BCUT2D eigenvalue weighted by Crippen LogP contribution is 2.31. The molecular weight excluding hydrogens is 209 g/mol. The van der Waals surface area contributed by atoms with Crippen LogP contribution in [0.2, 0.25) is 0 Å². The molecule has 0 atom stereocenters. The van der Waals surface area contributed by atoms with E-state index in [2.05, 4.69) is 9.97 Å². The van der Waals surface area contributed by atoms with Crippen LogP contribution in [0.4, 0.5) is 10.4 Å². The molecule has 0 spiro atoms. The molecule has 5 heteroatoms. The van der Waals surface area contributed by atoms with Crippen LogP contribution in [0.1, 0.15) is 0 Å². The summed E-state index contributed by atoms with van der Waals surface area (Å²) < 4.78 is 18.8. The number of rotatable bonds is 1. The van der Waals surface area contributed by atoms with E-state index >= 15 is 0 Å². The Morgan fingerprint density at radius 2 is 2.25 bits per heavy atom. The minimum absolute atomic E-state index is 0.0701. The Morgan fingerprint density at radius 3 is 3.00 bits per heavy atom. The van der Waals surface area contributed by atoms with Crippen LogP contribution in [0.15, 0.2) is 35.0 Å². The molecule has 3 aromatic rings. The summed E-state index contributed by atoms with van der Waals surface area (Å²) in [6.45, 7) is 0. The summed E-state index contributed by atoms with van der Waals surface area (Å²) in [6.07, 6.45) is 3.15. The first-order valence-corrected chi connectivity index (χ1v) is 4.73. The number of aromatic nitrogens is 2. The zero-order valence-corrected chi connectivity index (χ0v) is 8.20. The van der Waals surface area contributed by atoms with Gasteiger partial charge in [0.1, 0.15) is 5.82 Å². The van der Waals surface area contributed by atoms with Gasteiger partial charge in [-0.15, -0.1) is 0 Å². The summed E-state index contributed by atoms with van der Waals surface area (Å²) in [5, 5.41) is 0.485. The van der Waals surface area contributed by atoms with Gasteiger partial charge in [-0.25, -0.2) is 9.37 Å². The summed E-state index contributed by atoms with van der Waals surface area (Å²) in [7, 11) is 0. The highest BCUT2D eigenvalue weighted by atomic mass is 19.1. The number of oxazole rings is 1. The van der Waals surface area contributed by atoms with E-state index in [0.29, 0.717) is 22.2 Å². The number of nitrogens with zero attached hydrogens (tertiary/aromatic N) is 1. The van der Waals surface area contributed by atoms with Gasteiger partial charge in [0.05, 0.1) is 6.20 Å². The molecule has 0 unspecified atom stereocenters. The summed E-state index contributed by atoms with van der Waals surface area (Å²) in [6, 6.07) is 4.91. The fourth-order valence-corrected chi connectivity index (χ4v) is 1.75. The third-order valence-electron chi connectivity index (χ3n) is 2.44. The van der Waals surface area contributed by atoms with Gasteiger partial charge in [-0.1, -0.05) is 6.07 Å². The average molecular weight is 217 g/mol. The Bertz CT molecular complexity index is 656. The van der Waals surface area contributed by atoms with E-state index in [9.17, 15) is 4.39 Å². The van der Waals surface area contributed by atoms with Crippen LogP contribution in [0, 0.1) is 5.82 Å². The number of nitrogen functional groups attached to an aromatic ring is 1. The zero-order chi connectivity index (χ0) is 11.1. The van der Waals surface area contributed by atoms with E-state index in [0.717, 1.165) is 0 Å². The first-order valence-electron chi connectivity index (χ1n) is 4.73. The van der Waals surface area contributed by atoms with Crippen molar-refractivity contribution in [1.29, 1.82) is 0 Å². The van der Waals surface area contributed by atoms with Gasteiger partial charge in [0.15, 0.2) is 5.76 Å². The molecule has 3 rings (SSSR count). The Hall–Kier alpha value is -2.30. The quantitative estimate of drug-likeness (QED) is 0.658. The monoisotopic (exact) mass is 217 g/mol. The zero-order valence-electron chi connectivity index (χ0n) is 8.20. The standard InChI is InChI=1S/C11H8FN3O/c12-7-2-1-3-8-10(7)6(4-14-8)9-5-15-11(13)16-9/h1-5,14H,(H2,13,15). The maximum atomic E-state index is 13.7. The van der Waals surface area contributed by atoms with Gasteiger partial charge < -0.3 is 15.1 Å². The van der Waals surface area contributed by atoms with Gasteiger partial charge in [0.25, 0.3) is 6.01 Å². The maximum absolute atomic E-state index is 13.7. The van der Waals surface area contributed by atoms with Crippen LogP contribution >= 0.6 is 0 Å². The van der Waals surface area contributed by atoms with Crippen LogP contribution < -0.4 is 5.73 Å². The second-order valence-electron chi connectivity index (χ2n) is 3.43. The average Bonchev–Trinajstić information content (AvgIpc) is 2.84. The number of benzene rings is 1. The lowest BCUT2D eigenvalue weighted by atomic mass is 10.1. The van der Waals surface area contributed by atoms with Gasteiger partial charge >= 0.3 is 0 Å². The number of nitrogens with two attached hydrogens (primary N) is 1. The number of anilines is 1. The van der Waals surface area contributed by atoms with E-state index in [1.165, 1.54) is 12.3 Å². The third-order valence-corrected chi connectivity index (χ3v) is 2.44. The fraction of sp³-hybridized carbons (Fsp3) is 0. The first kappa shape index (κ1) is 8.96. The predicted molar refractivity (Wildman–Crippen MR) is 58.2 cm³/mol. The highest BCUT2D eigenvalue weighted by Gasteiger charge is 2.13. The van der Waals surface area contributed by atoms with Gasteiger partial charge in [0, 0.05) is 22.7 Å². The van der Waals surface area contributed by atoms with Crippen molar-refractivity contribution in [3.8, 4) is 11.3 Å². The van der Waals surface area contributed by atoms with Crippen LogP contribution in [0.25, 0.3) is 22.2 Å². The molecular formula is C11H8FN3O. The predicted octanol–water partition coefficient (Wildman–Crippen LogP) is 2.54. The minimum Gasteiger partial charge on any atom is -0.424 e. The molecule has 0 radical (unpaired) electrons. The van der Waals surface area contributed by atoms with Gasteiger partial charge in [-0.05, 0) is 12.1 Å². The molecule has 0 aliphatic rings. The number of H-pyrrole nitrogens is 1. The van der Waals surface area contributed by atoms with E-state index < -0.39 is 0 Å². The molecule has 0 aliphatic heterocycles. The Labute approximate surface area is 89.9 Å². The molecule has 0 fully saturated rings. The number of hydrogen-bond donors (Lipinski definition) is 2. The molecule has 1 aromatic carbocycles. The lowest BCUT2D eigenvalue weighted by Gasteiger charge is -1.95. The maximum Gasteiger partial charge on any atom is 0.292 e. The number of halogens is 1. The van der Waals surface area contributed by atoms with E-state index in [4.69, 9.17) is 10.2 Å². The van der Waals surface area contributed by atoms with Gasteiger partial charge in [-0.3, -0.25) is 0 Å². The third kappa shape index (κ3) is 1.18. The van der Waals surface area contributed by atoms with Crippen molar-refractivity contribution in [3.05, 3.63) is 36.4 Å². The summed E-state index contributed by atoms with van der Waals surface area (Å²) in [5.74, 6) is 0.151. The minimum atomic E-state index is -0.302. The van der Waals surface area contributed by atoms with Crippen molar-refractivity contribution < 1.29 is 8.81 Å². The Balaban J connectivity index is 2.32.